The summed E-state index contributed by atoms with van der Waals surface area (Å²) in [5.74, 6) is 1.79. The van der Waals surface area contributed by atoms with Crippen molar-refractivity contribution in [1.29, 1.82) is 0 Å². The van der Waals surface area contributed by atoms with Crippen LogP contribution in [0.15, 0.2) is 24.3 Å². The largest absolute Gasteiger partial charge is 0.491 e. The van der Waals surface area contributed by atoms with Crippen LogP contribution in [0.2, 0.25) is 0 Å². The van der Waals surface area contributed by atoms with Crippen molar-refractivity contribution >= 4 is 5.69 Å². The van der Waals surface area contributed by atoms with Gasteiger partial charge in [-0.3, -0.25) is 0 Å². The van der Waals surface area contributed by atoms with Gasteiger partial charge >= 0.3 is 0 Å². The van der Waals surface area contributed by atoms with Gasteiger partial charge < -0.3 is 15.4 Å². The van der Waals surface area contributed by atoms with E-state index < -0.39 is 0 Å². The summed E-state index contributed by atoms with van der Waals surface area (Å²) in [4.78, 5) is 2.50. The van der Waals surface area contributed by atoms with Crippen LogP contribution in [0.4, 0.5) is 5.69 Å². The van der Waals surface area contributed by atoms with E-state index in [-0.39, 0.29) is 0 Å². The van der Waals surface area contributed by atoms with Crippen molar-refractivity contribution in [2.75, 3.05) is 24.6 Å². The Morgan fingerprint density at radius 1 is 1.21 bits per heavy atom. The zero-order valence-corrected chi connectivity index (χ0v) is 11.6. The summed E-state index contributed by atoms with van der Waals surface area (Å²) < 4.78 is 5.82. The van der Waals surface area contributed by atoms with Crippen molar-refractivity contribution in [2.45, 2.75) is 38.1 Å². The van der Waals surface area contributed by atoms with Crippen LogP contribution in [-0.4, -0.2) is 25.7 Å². The average Bonchev–Trinajstić information content (AvgIpc) is 2.62. The maximum Gasteiger partial charge on any atom is 0.142 e. The number of benzene rings is 1. The maximum absolute atomic E-state index is 6.11. The molecule has 1 aromatic rings. The molecule has 0 amide bonds. The van der Waals surface area contributed by atoms with Gasteiger partial charge in [0.25, 0.3) is 0 Å². The summed E-state index contributed by atoms with van der Waals surface area (Å²) in [5.41, 5.74) is 7.38. The van der Waals surface area contributed by atoms with Crippen LogP contribution in [0, 0.1) is 5.92 Å². The third-order valence-corrected chi connectivity index (χ3v) is 4.34. The van der Waals surface area contributed by atoms with Gasteiger partial charge in [-0.15, -0.1) is 0 Å². The minimum absolute atomic E-state index is 0.414. The number of hydrogen-bond donors (Lipinski definition) is 1. The lowest BCUT2D eigenvalue weighted by molar-refractivity contribution is 0.316. The molecule has 2 N–H and O–H groups in total. The van der Waals surface area contributed by atoms with Gasteiger partial charge in [-0.1, -0.05) is 18.6 Å². The zero-order valence-electron chi connectivity index (χ0n) is 11.6. The first-order chi connectivity index (χ1) is 9.33. The van der Waals surface area contributed by atoms with Crippen molar-refractivity contribution in [1.82, 2.24) is 0 Å². The van der Waals surface area contributed by atoms with Gasteiger partial charge in [0, 0.05) is 19.1 Å². The first-order valence-electron chi connectivity index (χ1n) is 7.55. The lowest BCUT2D eigenvalue weighted by atomic mass is 9.85. The Balaban J connectivity index is 1.73. The fraction of sp³-hybridized carbons (Fsp3) is 0.625. The van der Waals surface area contributed by atoms with E-state index in [1.807, 2.05) is 0 Å². The molecule has 1 heterocycles. The van der Waals surface area contributed by atoms with Crippen LogP contribution in [0.3, 0.4) is 0 Å². The molecule has 0 aromatic heterocycles. The standard InChI is InChI=1S/C16H24N2O/c17-14-6-3-5-13(11-14)12-18-9-4-10-19-16-8-2-1-7-15(16)18/h1-2,7-8,13-14H,3-6,9-12,17H2. The van der Waals surface area contributed by atoms with Crippen molar-refractivity contribution in [3.05, 3.63) is 24.3 Å². The molecular formula is C16H24N2O. The summed E-state index contributed by atoms with van der Waals surface area (Å²) in [5, 5.41) is 0. The zero-order chi connectivity index (χ0) is 13.1. The molecule has 3 nitrogen and oxygen atoms in total. The molecule has 0 spiro atoms. The molecule has 1 aromatic carbocycles. The molecule has 3 rings (SSSR count). The lowest BCUT2D eigenvalue weighted by Crippen LogP contribution is -2.36. The van der Waals surface area contributed by atoms with Crippen LogP contribution < -0.4 is 15.4 Å². The first kappa shape index (κ1) is 12.8. The number of anilines is 1. The molecule has 2 aliphatic rings. The Labute approximate surface area is 115 Å². The fourth-order valence-electron chi connectivity index (χ4n) is 3.40. The molecule has 0 saturated heterocycles. The van der Waals surface area contributed by atoms with Gasteiger partial charge in [-0.2, -0.15) is 0 Å². The molecule has 1 aliphatic carbocycles. The summed E-state index contributed by atoms with van der Waals surface area (Å²) in [6.45, 7) is 3.06. The molecule has 2 atom stereocenters. The first-order valence-corrected chi connectivity index (χ1v) is 7.55. The Bertz CT molecular complexity index is 421. The van der Waals surface area contributed by atoms with E-state index >= 15 is 0 Å². The third kappa shape index (κ3) is 3.03. The van der Waals surface area contributed by atoms with Gasteiger partial charge in [0.15, 0.2) is 0 Å². The molecule has 19 heavy (non-hydrogen) atoms. The number of para-hydroxylation sites is 2. The second-order valence-electron chi connectivity index (χ2n) is 5.91. The van der Waals surface area contributed by atoms with E-state index in [0.29, 0.717) is 6.04 Å². The van der Waals surface area contributed by atoms with E-state index in [2.05, 4.69) is 29.2 Å². The van der Waals surface area contributed by atoms with Crippen LogP contribution in [0.25, 0.3) is 0 Å². The number of hydrogen-bond acceptors (Lipinski definition) is 3. The average molecular weight is 260 g/mol. The molecule has 0 radical (unpaired) electrons. The summed E-state index contributed by atoms with van der Waals surface area (Å²) in [7, 11) is 0. The van der Waals surface area contributed by atoms with Crippen molar-refractivity contribution in [2.24, 2.45) is 11.7 Å². The highest BCUT2D eigenvalue weighted by Gasteiger charge is 2.23. The number of ether oxygens (including phenoxy) is 1. The molecular weight excluding hydrogens is 236 g/mol. The van der Waals surface area contributed by atoms with Gasteiger partial charge in [0.2, 0.25) is 0 Å². The Kier molecular flexibility index (Phi) is 3.92. The molecule has 0 bridgehead atoms. The number of rotatable bonds is 2. The lowest BCUT2D eigenvalue weighted by Gasteiger charge is -2.32. The predicted octanol–water partition coefficient (Wildman–Crippen LogP) is 2.79. The van der Waals surface area contributed by atoms with E-state index in [9.17, 15) is 0 Å². The minimum Gasteiger partial charge on any atom is -0.491 e. The molecule has 1 fully saturated rings. The Morgan fingerprint density at radius 3 is 3.00 bits per heavy atom. The molecule has 3 heteroatoms. The van der Waals surface area contributed by atoms with Crippen LogP contribution in [0.1, 0.15) is 32.1 Å². The molecule has 1 saturated carbocycles. The topological polar surface area (TPSA) is 38.5 Å². The minimum atomic E-state index is 0.414. The van der Waals surface area contributed by atoms with Crippen LogP contribution in [-0.2, 0) is 0 Å². The van der Waals surface area contributed by atoms with Crippen LogP contribution in [0.5, 0.6) is 5.75 Å². The third-order valence-electron chi connectivity index (χ3n) is 4.34. The van der Waals surface area contributed by atoms with E-state index in [0.717, 1.165) is 37.8 Å². The predicted molar refractivity (Wildman–Crippen MR) is 78.7 cm³/mol. The number of nitrogens with two attached hydrogens (primary N) is 1. The normalized spacial score (nSPS) is 27.3. The van der Waals surface area contributed by atoms with E-state index in [1.165, 1.54) is 31.4 Å². The van der Waals surface area contributed by atoms with Crippen LogP contribution >= 0.6 is 0 Å². The highest BCUT2D eigenvalue weighted by Crippen LogP contribution is 2.33. The quantitative estimate of drug-likeness (QED) is 0.888. The fourth-order valence-corrected chi connectivity index (χ4v) is 3.40. The molecule has 2 unspecified atom stereocenters. The smallest absolute Gasteiger partial charge is 0.142 e. The van der Waals surface area contributed by atoms with Gasteiger partial charge in [0.1, 0.15) is 5.75 Å². The van der Waals surface area contributed by atoms with Crippen molar-refractivity contribution < 1.29 is 4.74 Å². The highest BCUT2D eigenvalue weighted by atomic mass is 16.5. The SMILES string of the molecule is NC1CCCC(CN2CCCOc3ccccc32)C1. The Hall–Kier alpha value is -1.22. The van der Waals surface area contributed by atoms with Gasteiger partial charge in [0.05, 0.1) is 12.3 Å². The second kappa shape index (κ2) is 5.83. The highest BCUT2D eigenvalue weighted by molar-refractivity contribution is 5.58. The van der Waals surface area contributed by atoms with E-state index in [1.54, 1.807) is 0 Å². The Morgan fingerprint density at radius 2 is 2.11 bits per heavy atom. The summed E-state index contributed by atoms with van der Waals surface area (Å²) in [6.07, 6.45) is 6.11. The molecule has 104 valence electrons. The summed E-state index contributed by atoms with van der Waals surface area (Å²) in [6, 6.07) is 8.84. The maximum atomic E-state index is 6.11. The van der Waals surface area contributed by atoms with Crippen molar-refractivity contribution in [3.8, 4) is 5.75 Å². The van der Waals surface area contributed by atoms with Gasteiger partial charge in [-0.05, 0) is 43.7 Å². The molecule has 1 aliphatic heterocycles. The second-order valence-corrected chi connectivity index (χ2v) is 5.91. The van der Waals surface area contributed by atoms with Gasteiger partial charge in [-0.25, -0.2) is 0 Å². The summed E-state index contributed by atoms with van der Waals surface area (Å²) >= 11 is 0. The number of nitrogens with zero attached hydrogens (tertiary/aromatic N) is 1. The van der Waals surface area contributed by atoms with Crippen molar-refractivity contribution in [3.63, 3.8) is 0 Å². The monoisotopic (exact) mass is 260 g/mol. The van der Waals surface area contributed by atoms with E-state index in [4.69, 9.17) is 10.5 Å². The number of fused-ring (bicyclic) bond motifs is 1.